The van der Waals surface area contributed by atoms with E-state index >= 15 is 0 Å². The van der Waals surface area contributed by atoms with Gasteiger partial charge in [0.25, 0.3) is 0 Å². The number of guanidine groups is 1. The van der Waals surface area contributed by atoms with Gasteiger partial charge in [-0.05, 0) is 44.6 Å². The molecule has 0 aliphatic carbocycles. The molecule has 2 rings (SSSR count). The van der Waals surface area contributed by atoms with Crippen molar-refractivity contribution in [2.24, 2.45) is 22.4 Å². The SMILES string of the molecule is CC(C)CC(NC(=O)C1CCCN1)C(=O)NC(Cc1cnc[nH]1)C(=O)NC(CCCN=C(N)N)C(=O)O. The molecule has 10 N–H and O–H groups in total. The molecule has 14 nitrogen and oxygen atoms in total. The average Bonchev–Trinajstić information content (AvgIpc) is 3.53. The molecule has 0 aromatic carbocycles. The zero-order valence-electron chi connectivity index (χ0n) is 21.3. The number of carboxylic acid groups (broad SMARTS) is 1. The summed E-state index contributed by atoms with van der Waals surface area (Å²) in [7, 11) is 0. The van der Waals surface area contributed by atoms with Crippen molar-refractivity contribution in [1.82, 2.24) is 31.2 Å². The van der Waals surface area contributed by atoms with E-state index in [1.165, 1.54) is 12.5 Å². The number of aromatic nitrogens is 2. The number of nitrogens with one attached hydrogen (secondary N) is 5. The predicted octanol–water partition coefficient (Wildman–Crippen LogP) is -1.66. The Morgan fingerprint density at radius 3 is 2.41 bits per heavy atom. The lowest BCUT2D eigenvalue weighted by Crippen LogP contribution is -2.57. The van der Waals surface area contributed by atoms with Crippen molar-refractivity contribution in [3.8, 4) is 0 Å². The second-order valence-corrected chi connectivity index (χ2v) is 9.53. The molecule has 14 heteroatoms. The number of nitrogens with two attached hydrogens (primary N) is 2. The molecule has 1 fully saturated rings. The third-order valence-corrected chi connectivity index (χ3v) is 5.89. The van der Waals surface area contributed by atoms with Crippen LogP contribution in [0.3, 0.4) is 0 Å². The molecule has 1 saturated heterocycles. The summed E-state index contributed by atoms with van der Waals surface area (Å²) >= 11 is 0. The maximum atomic E-state index is 13.3. The first-order chi connectivity index (χ1) is 17.6. The van der Waals surface area contributed by atoms with E-state index in [1.807, 2.05) is 13.8 Å². The van der Waals surface area contributed by atoms with E-state index in [4.69, 9.17) is 11.5 Å². The molecule has 4 atom stereocenters. The molecular weight excluding hydrogens is 482 g/mol. The highest BCUT2D eigenvalue weighted by molar-refractivity contribution is 5.94. The molecule has 0 bridgehead atoms. The van der Waals surface area contributed by atoms with Crippen molar-refractivity contribution in [2.75, 3.05) is 13.1 Å². The van der Waals surface area contributed by atoms with Gasteiger partial charge in [-0.1, -0.05) is 13.8 Å². The number of aliphatic carboxylic acids is 1. The first-order valence-corrected chi connectivity index (χ1v) is 12.5. The topological polar surface area (TPSA) is 230 Å². The fourth-order valence-corrected chi connectivity index (χ4v) is 4.01. The second kappa shape index (κ2) is 14.8. The smallest absolute Gasteiger partial charge is 0.326 e. The lowest BCUT2D eigenvalue weighted by atomic mass is 10.0. The van der Waals surface area contributed by atoms with Crippen LogP contribution in [0.15, 0.2) is 17.5 Å². The molecule has 37 heavy (non-hydrogen) atoms. The lowest BCUT2D eigenvalue weighted by molar-refractivity contribution is -0.142. The number of rotatable bonds is 15. The summed E-state index contributed by atoms with van der Waals surface area (Å²) in [5.41, 5.74) is 11.1. The quantitative estimate of drug-likeness (QED) is 0.0749. The number of carbonyl (C=O) groups is 4. The van der Waals surface area contributed by atoms with Crippen LogP contribution < -0.4 is 32.7 Å². The molecule has 206 valence electrons. The Bertz CT molecular complexity index is 925. The van der Waals surface area contributed by atoms with Crippen LogP contribution in [0.1, 0.15) is 51.6 Å². The Labute approximate surface area is 215 Å². The molecule has 1 aliphatic heterocycles. The number of H-pyrrole nitrogens is 1. The third kappa shape index (κ3) is 10.5. The maximum absolute atomic E-state index is 13.3. The Kier molecular flexibility index (Phi) is 11.8. The average molecular weight is 522 g/mol. The largest absolute Gasteiger partial charge is 0.480 e. The third-order valence-electron chi connectivity index (χ3n) is 5.89. The first-order valence-electron chi connectivity index (χ1n) is 12.5. The summed E-state index contributed by atoms with van der Waals surface area (Å²) in [6.45, 7) is 4.80. The van der Waals surface area contributed by atoms with Crippen LogP contribution in [-0.2, 0) is 25.6 Å². The minimum atomic E-state index is -1.22. The molecule has 2 heterocycles. The highest BCUT2D eigenvalue weighted by Gasteiger charge is 2.32. The summed E-state index contributed by atoms with van der Waals surface area (Å²) in [6, 6.07) is -3.53. The molecular formula is C23H39N9O5. The van der Waals surface area contributed by atoms with Gasteiger partial charge in [0.1, 0.15) is 18.1 Å². The van der Waals surface area contributed by atoms with Crippen LogP contribution in [-0.4, -0.2) is 82.0 Å². The van der Waals surface area contributed by atoms with Crippen molar-refractivity contribution in [1.29, 1.82) is 0 Å². The second-order valence-electron chi connectivity index (χ2n) is 9.53. The van der Waals surface area contributed by atoms with Gasteiger partial charge in [-0.25, -0.2) is 9.78 Å². The minimum absolute atomic E-state index is 0.0461. The van der Waals surface area contributed by atoms with Crippen LogP contribution in [0.25, 0.3) is 0 Å². The molecule has 1 aromatic heterocycles. The maximum Gasteiger partial charge on any atom is 0.326 e. The number of imidazole rings is 1. The summed E-state index contributed by atoms with van der Waals surface area (Å²) in [6.07, 6.45) is 5.33. The predicted molar refractivity (Wildman–Crippen MR) is 136 cm³/mol. The van der Waals surface area contributed by atoms with Gasteiger partial charge in [0.05, 0.1) is 12.4 Å². The molecule has 1 aromatic rings. The molecule has 0 radical (unpaired) electrons. The van der Waals surface area contributed by atoms with E-state index in [2.05, 4.69) is 36.2 Å². The summed E-state index contributed by atoms with van der Waals surface area (Å²) in [5.74, 6) is -2.71. The lowest BCUT2D eigenvalue weighted by Gasteiger charge is -2.26. The summed E-state index contributed by atoms with van der Waals surface area (Å²) in [4.78, 5) is 61.5. The Hall–Kier alpha value is -3.68. The van der Waals surface area contributed by atoms with Crippen molar-refractivity contribution in [3.05, 3.63) is 18.2 Å². The Balaban J connectivity index is 2.12. The first kappa shape index (κ1) is 29.5. The fraction of sp³-hybridized carbons (Fsp3) is 0.652. The van der Waals surface area contributed by atoms with Crippen LogP contribution in [0.2, 0.25) is 0 Å². The Morgan fingerprint density at radius 2 is 1.84 bits per heavy atom. The number of hydrogen-bond acceptors (Lipinski definition) is 7. The molecule has 0 saturated carbocycles. The molecule has 1 aliphatic rings. The zero-order valence-corrected chi connectivity index (χ0v) is 21.3. The van der Waals surface area contributed by atoms with Crippen LogP contribution >= 0.6 is 0 Å². The van der Waals surface area contributed by atoms with E-state index in [1.54, 1.807) is 0 Å². The van der Waals surface area contributed by atoms with Gasteiger partial charge in [0.2, 0.25) is 17.7 Å². The van der Waals surface area contributed by atoms with Crippen molar-refractivity contribution >= 4 is 29.7 Å². The van der Waals surface area contributed by atoms with Crippen molar-refractivity contribution < 1.29 is 24.3 Å². The molecule has 0 spiro atoms. The van der Waals surface area contributed by atoms with Gasteiger partial charge in [0.15, 0.2) is 5.96 Å². The normalized spacial score (nSPS) is 17.4. The zero-order chi connectivity index (χ0) is 27.4. The van der Waals surface area contributed by atoms with E-state index in [0.29, 0.717) is 25.0 Å². The monoisotopic (exact) mass is 521 g/mol. The molecule has 3 amide bonds. The minimum Gasteiger partial charge on any atom is -0.480 e. The van der Waals surface area contributed by atoms with E-state index in [9.17, 15) is 24.3 Å². The number of hydrogen-bond donors (Lipinski definition) is 8. The standard InChI is InChI=1S/C23H39N9O5/c1-13(2)9-17(31-19(33)15-5-3-7-27-15)20(34)32-18(10-14-11-26-12-29-14)21(35)30-16(22(36)37)6-4-8-28-23(24)25/h11-13,15-18,27H,3-10H2,1-2H3,(H,26,29)(H,30,35)(H,31,33)(H,32,34)(H,36,37)(H4,24,25,28). The summed E-state index contributed by atoms with van der Waals surface area (Å²) in [5, 5.41) is 20.7. The van der Waals surface area contributed by atoms with Gasteiger partial charge >= 0.3 is 5.97 Å². The van der Waals surface area contributed by atoms with E-state index in [0.717, 1.165) is 13.0 Å². The molecule has 4 unspecified atom stereocenters. The van der Waals surface area contributed by atoms with Crippen molar-refractivity contribution in [3.63, 3.8) is 0 Å². The number of carbonyl (C=O) groups excluding carboxylic acids is 3. The highest BCUT2D eigenvalue weighted by atomic mass is 16.4. The number of aromatic amines is 1. The number of carboxylic acids is 1. The summed E-state index contributed by atoms with van der Waals surface area (Å²) < 4.78 is 0. The van der Waals surface area contributed by atoms with E-state index < -0.39 is 35.9 Å². The van der Waals surface area contributed by atoms with Gasteiger partial charge < -0.3 is 42.8 Å². The number of nitrogens with zero attached hydrogens (tertiary/aromatic N) is 2. The van der Waals surface area contributed by atoms with Crippen molar-refractivity contribution in [2.45, 2.75) is 76.5 Å². The van der Waals surface area contributed by atoms with Crippen LogP contribution in [0.5, 0.6) is 0 Å². The van der Waals surface area contributed by atoms with Gasteiger partial charge in [-0.15, -0.1) is 0 Å². The van der Waals surface area contributed by atoms with Gasteiger partial charge in [0, 0.05) is 24.9 Å². The fourth-order valence-electron chi connectivity index (χ4n) is 4.01. The van der Waals surface area contributed by atoms with E-state index in [-0.39, 0.29) is 43.2 Å². The number of aliphatic imine (C=N–C) groups is 1. The number of amides is 3. The Morgan fingerprint density at radius 1 is 1.14 bits per heavy atom. The van der Waals surface area contributed by atoms with Crippen LogP contribution in [0.4, 0.5) is 0 Å². The van der Waals surface area contributed by atoms with Gasteiger partial charge in [-0.3, -0.25) is 19.4 Å². The van der Waals surface area contributed by atoms with Gasteiger partial charge in [-0.2, -0.15) is 0 Å². The highest BCUT2D eigenvalue weighted by Crippen LogP contribution is 2.10. The van der Waals surface area contributed by atoms with Crippen LogP contribution in [0, 0.1) is 5.92 Å².